The standard InChI is InChI=1S/C10H13NO5S/c1-17(14,15)16-9(11-10(12)13)7-8-5-3-2-4-6-8/h2-6,9,11H,7H2,1H3,(H,12,13). The molecular formula is C10H13NO5S. The Bertz CT molecular complexity index is 471. The van der Waals surface area contributed by atoms with Crippen LogP contribution in [0.4, 0.5) is 4.79 Å². The van der Waals surface area contributed by atoms with Crippen LogP contribution in [0.2, 0.25) is 0 Å². The van der Waals surface area contributed by atoms with E-state index in [0.29, 0.717) is 0 Å². The summed E-state index contributed by atoms with van der Waals surface area (Å²) in [4.78, 5) is 10.5. The molecule has 94 valence electrons. The normalized spacial score (nSPS) is 13.0. The highest BCUT2D eigenvalue weighted by molar-refractivity contribution is 7.86. The predicted octanol–water partition coefficient (Wildman–Crippen LogP) is 0.799. The number of hydrogen-bond acceptors (Lipinski definition) is 4. The molecule has 2 N–H and O–H groups in total. The molecule has 0 aliphatic heterocycles. The van der Waals surface area contributed by atoms with E-state index in [0.717, 1.165) is 11.8 Å². The molecule has 1 atom stereocenters. The minimum atomic E-state index is -3.71. The second-order valence-corrected chi connectivity index (χ2v) is 5.03. The van der Waals surface area contributed by atoms with Crippen molar-refractivity contribution in [3.8, 4) is 0 Å². The van der Waals surface area contributed by atoms with Gasteiger partial charge >= 0.3 is 6.09 Å². The lowest BCUT2D eigenvalue weighted by atomic mass is 10.1. The minimum Gasteiger partial charge on any atom is -0.465 e. The molecule has 1 aromatic rings. The summed E-state index contributed by atoms with van der Waals surface area (Å²) in [6.45, 7) is 0. The van der Waals surface area contributed by atoms with Gasteiger partial charge in [0.25, 0.3) is 10.1 Å². The Morgan fingerprint density at radius 1 is 1.41 bits per heavy atom. The van der Waals surface area contributed by atoms with Crippen molar-refractivity contribution in [2.75, 3.05) is 6.26 Å². The molecule has 17 heavy (non-hydrogen) atoms. The van der Waals surface area contributed by atoms with Gasteiger partial charge < -0.3 is 5.11 Å². The maximum atomic E-state index is 11.0. The molecule has 1 rings (SSSR count). The Morgan fingerprint density at radius 3 is 2.47 bits per heavy atom. The predicted molar refractivity (Wildman–Crippen MR) is 61.0 cm³/mol. The molecule has 0 saturated carbocycles. The van der Waals surface area contributed by atoms with Crippen LogP contribution >= 0.6 is 0 Å². The highest BCUT2D eigenvalue weighted by Crippen LogP contribution is 2.06. The van der Waals surface area contributed by atoms with Gasteiger partial charge in [0.1, 0.15) is 0 Å². The third-order valence-electron chi connectivity index (χ3n) is 1.84. The van der Waals surface area contributed by atoms with E-state index >= 15 is 0 Å². The van der Waals surface area contributed by atoms with Crippen LogP contribution in [-0.2, 0) is 20.7 Å². The summed E-state index contributed by atoms with van der Waals surface area (Å²) < 4.78 is 26.5. The average molecular weight is 259 g/mol. The molecule has 0 aliphatic carbocycles. The van der Waals surface area contributed by atoms with Crippen molar-refractivity contribution in [1.29, 1.82) is 0 Å². The van der Waals surface area contributed by atoms with E-state index in [1.165, 1.54) is 0 Å². The van der Waals surface area contributed by atoms with Crippen molar-refractivity contribution in [2.24, 2.45) is 0 Å². The van der Waals surface area contributed by atoms with Crippen LogP contribution in [0.15, 0.2) is 30.3 Å². The Kier molecular flexibility index (Phi) is 4.47. The lowest BCUT2D eigenvalue weighted by Gasteiger charge is -2.15. The first-order chi connectivity index (χ1) is 7.87. The van der Waals surface area contributed by atoms with E-state index in [9.17, 15) is 13.2 Å². The van der Waals surface area contributed by atoms with E-state index in [4.69, 9.17) is 5.11 Å². The van der Waals surface area contributed by atoms with Gasteiger partial charge in [-0.15, -0.1) is 0 Å². The van der Waals surface area contributed by atoms with Crippen molar-refractivity contribution in [3.63, 3.8) is 0 Å². The maximum absolute atomic E-state index is 11.0. The van der Waals surface area contributed by atoms with E-state index in [1.807, 2.05) is 5.32 Å². The van der Waals surface area contributed by atoms with E-state index in [-0.39, 0.29) is 6.42 Å². The highest BCUT2D eigenvalue weighted by atomic mass is 32.2. The van der Waals surface area contributed by atoms with Crippen LogP contribution in [0.1, 0.15) is 5.56 Å². The molecule has 0 radical (unpaired) electrons. The van der Waals surface area contributed by atoms with Crippen LogP contribution in [0, 0.1) is 0 Å². The molecule has 0 saturated heterocycles. The first-order valence-electron chi connectivity index (χ1n) is 4.78. The van der Waals surface area contributed by atoms with Crippen molar-refractivity contribution in [1.82, 2.24) is 5.32 Å². The fourth-order valence-corrected chi connectivity index (χ4v) is 1.82. The number of benzene rings is 1. The molecule has 0 spiro atoms. The molecule has 1 unspecified atom stereocenters. The number of carbonyl (C=O) groups is 1. The van der Waals surface area contributed by atoms with E-state index in [2.05, 4.69) is 4.18 Å². The topological polar surface area (TPSA) is 92.7 Å². The summed E-state index contributed by atoms with van der Waals surface area (Å²) in [7, 11) is -3.71. The van der Waals surface area contributed by atoms with Crippen molar-refractivity contribution < 1.29 is 22.5 Å². The zero-order valence-corrected chi connectivity index (χ0v) is 9.98. The van der Waals surface area contributed by atoms with Crippen molar-refractivity contribution in [3.05, 3.63) is 35.9 Å². The van der Waals surface area contributed by atoms with Crippen molar-refractivity contribution in [2.45, 2.75) is 12.6 Å². The summed E-state index contributed by atoms with van der Waals surface area (Å²) in [6.07, 6.45) is -1.45. The lowest BCUT2D eigenvalue weighted by Crippen LogP contribution is -2.38. The first-order valence-corrected chi connectivity index (χ1v) is 6.60. The zero-order chi connectivity index (χ0) is 12.9. The smallest absolute Gasteiger partial charge is 0.406 e. The summed E-state index contributed by atoms with van der Waals surface area (Å²) in [6, 6.07) is 8.85. The third kappa shape index (κ3) is 5.88. The van der Waals surface area contributed by atoms with Gasteiger partial charge in [-0.3, -0.25) is 5.32 Å². The summed E-state index contributed by atoms with van der Waals surface area (Å²) in [5, 5.41) is 10.6. The number of nitrogens with one attached hydrogen (secondary N) is 1. The number of hydrogen-bond donors (Lipinski definition) is 2. The molecular weight excluding hydrogens is 246 g/mol. The molecule has 0 fully saturated rings. The van der Waals surface area contributed by atoms with Gasteiger partial charge in [0.05, 0.1) is 6.26 Å². The Balaban J connectivity index is 2.74. The van der Waals surface area contributed by atoms with Gasteiger partial charge in [0, 0.05) is 6.42 Å². The molecule has 1 amide bonds. The second-order valence-electron chi connectivity index (χ2n) is 3.43. The van der Waals surface area contributed by atoms with Gasteiger partial charge in [-0.1, -0.05) is 30.3 Å². The fraction of sp³-hybridized carbons (Fsp3) is 0.300. The third-order valence-corrected chi connectivity index (χ3v) is 2.42. The molecule has 6 nitrogen and oxygen atoms in total. The fourth-order valence-electron chi connectivity index (χ4n) is 1.29. The van der Waals surface area contributed by atoms with Crippen LogP contribution < -0.4 is 5.32 Å². The van der Waals surface area contributed by atoms with Gasteiger partial charge in [0.2, 0.25) is 0 Å². The summed E-state index contributed by atoms with van der Waals surface area (Å²) >= 11 is 0. The van der Waals surface area contributed by atoms with Crippen molar-refractivity contribution >= 4 is 16.2 Å². The van der Waals surface area contributed by atoms with E-state index < -0.39 is 22.4 Å². The van der Waals surface area contributed by atoms with Gasteiger partial charge in [-0.25, -0.2) is 8.98 Å². The monoisotopic (exact) mass is 259 g/mol. The van der Waals surface area contributed by atoms with Gasteiger partial charge in [0.15, 0.2) is 6.23 Å². The minimum absolute atomic E-state index is 0.139. The molecule has 7 heteroatoms. The number of amides is 1. The molecule has 0 aromatic heterocycles. The summed E-state index contributed by atoms with van der Waals surface area (Å²) in [5.41, 5.74) is 0.773. The van der Waals surface area contributed by atoms with E-state index in [1.54, 1.807) is 30.3 Å². The molecule has 0 heterocycles. The van der Waals surface area contributed by atoms with Gasteiger partial charge in [-0.2, -0.15) is 8.42 Å². The van der Waals surface area contributed by atoms with Crippen LogP contribution in [0.5, 0.6) is 0 Å². The quantitative estimate of drug-likeness (QED) is 0.602. The largest absolute Gasteiger partial charge is 0.465 e. The molecule has 0 aliphatic rings. The Hall–Kier alpha value is -1.60. The maximum Gasteiger partial charge on any atom is 0.406 e. The molecule has 0 bridgehead atoms. The van der Waals surface area contributed by atoms with Crippen LogP contribution in [0.25, 0.3) is 0 Å². The average Bonchev–Trinajstić information content (AvgIpc) is 2.15. The molecule has 1 aromatic carbocycles. The SMILES string of the molecule is CS(=O)(=O)OC(Cc1ccccc1)NC(=O)O. The second kappa shape index (κ2) is 5.65. The first kappa shape index (κ1) is 13.5. The zero-order valence-electron chi connectivity index (χ0n) is 9.16. The van der Waals surface area contributed by atoms with Gasteiger partial charge in [-0.05, 0) is 5.56 Å². The number of rotatable bonds is 5. The van der Waals surface area contributed by atoms with Crippen LogP contribution in [-0.4, -0.2) is 32.1 Å². The number of carboxylic acid groups (broad SMARTS) is 1. The Morgan fingerprint density at radius 2 is 2.00 bits per heavy atom. The lowest BCUT2D eigenvalue weighted by molar-refractivity contribution is 0.144. The van der Waals surface area contributed by atoms with Crippen LogP contribution in [0.3, 0.4) is 0 Å². The Labute approximate surface area is 99.3 Å². The summed E-state index contributed by atoms with van der Waals surface area (Å²) in [5.74, 6) is 0. The highest BCUT2D eigenvalue weighted by Gasteiger charge is 2.17.